The van der Waals surface area contributed by atoms with E-state index >= 15 is 0 Å². The number of carbonyl (C=O) groups excluding carboxylic acids is 2. The molecular weight excluding hydrogens is 520 g/mol. The summed E-state index contributed by atoms with van der Waals surface area (Å²) in [6, 6.07) is 0. The van der Waals surface area contributed by atoms with Crippen LogP contribution in [0.25, 0.3) is 0 Å². The van der Waals surface area contributed by atoms with Gasteiger partial charge in [-0.2, -0.15) is 0 Å². The lowest BCUT2D eigenvalue weighted by Crippen LogP contribution is -2.52. The summed E-state index contributed by atoms with van der Waals surface area (Å²) in [6.07, 6.45) is 6.99. The molecule has 230 valence electrons. The van der Waals surface area contributed by atoms with Crippen molar-refractivity contribution in [3.8, 4) is 0 Å². The molecule has 10 nitrogen and oxygen atoms in total. The fourth-order valence-corrected chi connectivity index (χ4v) is 6.08. The highest BCUT2D eigenvalue weighted by Crippen LogP contribution is 2.42. The van der Waals surface area contributed by atoms with Crippen LogP contribution in [0, 0.1) is 0 Å². The van der Waals surface area contributed by atoms with E-state index in [4.69, 9.17) is 37.9 Å². The summed E-state index contributed by atoms with van der Waals surface area (Å²) in [5.74, 6) is -2.32. The van der Waals surface area contributed by atoms with Crippen molar-refractivity contribution in [3.05, 3.63) is 0 Å². The molecule has 2 spiro atoms. The Kier molecular flexibility index (Phi) is 10.2. The largest absolute Gasteiger partial charge is 0.458 e. The van der Waals surface area contributed by atoms with Gasteiger partial charge in [-0.25, -0.2) is 9.59 Å². The van der Waals surface area contributed by atoms with Crippen LogP contribution in [0.1, 0.15) is 106 Å². The van der Waals surface area contributed by atoms with Crippen LogP contribution in [0.2, 0.25) is 0 Å². The van der Waals surface area contributed by atoms with E-state index in [1.165, 1.54) is 0 Å². The molecule has 0 amide bonds. The molecule has 4 atom stereocenters. The van der Waals surface area contributed by atoms with Crippen molar-refractivity contribution >= 4 is 11.9 Å². The Morgan fingerprint density at radius 2 is 1.00 bits per heavy atom. The summed E-state index contributed by atoms with van der Waals surface area (Å²) in [7, 11) is 0. The molecule has 0 aromatic carbocycles. The number of carbonyl (C=O) groups is 2. The molecule has 10 heteroatoms. The quantitative estimate of drug-likeness (QED) is 0.365. The Morgan fingerprint density at radius 3 is 1.32 bits per heavy atom. The molecule has 2 aliphatic carbocycles. The van der Waals surface area contributed by atoms with Gasteiger partial charge in [-0.15, -0.1) is 0 Å². The third kappa shape index (κ3) is 8.85. The van der Waals surface area contributed by atoms with Gasteiger partial charge in [-0.05, 0) is 67.2 Å². The number of ether oxygens (including phenoxy) is 8. The lowest BCUT2D eigenvalue weighted by atomic mass is 9.94. The van der Waals surface area contributed by atoms with Gasteiger partial charge in [0.2, 0.25) is 0 Å². The Balaban J connectivity index is 1.55. The Bertz CT molecular complexity index is 778. The van der Waals surface area contributed by atoms with Crippen LogP contribution < -0.4 is 0 Å². The van der Waals surface area contributed by atoms with E-state index < -0.39 is 59.1 Å². The zero-order chi connectivity index (χ0) is 29.0. The molecule has 0 N–H and O–H groups in total. The average Bonchev–Trinajstić information content (AvgIpc) is 3.44. The van der Waals surface area contributed by atoms with Crippen LogP contribution in [-0.4, -0.2) is 85.6 Å². The monoisotopic (exact) mass is 570 g/mol. The van der Waals surface area contributed by atoms with E-state index in [0.29, 0.717) is 0 Å². The smallest absolute Gasteiger partial charge is 0.332 e. The molecule has 4 unspecified atom stereocenters. The van der Waals surface area contributed by atoms with Crippen molar-refractivity contribution in [2.75, 3.05) is 26.4 Å². The van der Waals surface area contributed by atoms with Crippen LogP contribution in [0.15, 0.2) is 0 Å². The first-order valence-corrected chi connectivity index (χ1v) is 15.1. The molecule has 0 radical (unpaired) electrons. The average molecular weight is 571 g/mol. The van der Waals surface area contributed by atoms with Gasteiger partial charge >= 0.3 is 11.9 Å². The highest BCUT2D eigenvalue weighted by atomic mass is 16.8. The minimum atomic E-state index is -0.774. The van der Waals surface area contributed by atoms with Crippen molar-refractivity contribution in [2.45, 2.75) is 153 Å². The van der Waals surface area contributed by atoms with Gasteiger partial charge in [-0.1, -0.05) is 12.8 Å². The maximum atomic E-state index is 12.7. The number of hydrogen-bond donors (Lipinski definition) is 0. The van der Waals surface area contributed by atoms with Crippen molar-refractivity contribution in [1.82, 2.24) is 0 Å². The SMILES string of the molecule is CC(C)(C)OC(=O)COC(C1COC2(CCCCC2)O1)C(OCC(=O)OC(C)(C)C)C1COC2(CCCCC2)O1. The van der Waals surface area contributed by atoms with E-state index in [0.717, 1.165) is 64.2 Å². The zero-order valence-electron chi connectivity index (χ0n) is 25.3. The van der Waals surface area contributed by atoms with E-state index in [-0.39, 0.29) is 26.4 Å². The predicted octanol–water partition coefficient (Wildman–Crippen LogP) is 4.59. The van der Waals surface area contributed by atoms with Gasteiger partial charge in [0.1, 0.15) is 48.8 Å². The molecule has 2 saturated carbocycles. The zero-order valence-corrected chi connectivity index (χ0v) is 25.3. The van der Waals surface area contributed by atoms with Crippen LogP contribution in [0.3, 0.4) is 0 Å². The minimum absolute atomic E-state index is 0.282. The summed E-state index contributed by atoms with van der Waals surface area (Å²) < 4.78 is 49.1. The van der Waals surface area contributed by atoms with Gasteiger partial charge in [0, 0.05) is 25.7 Å². The molecule has 40 heavy (non-hydrogen) atoms. The van der Waals surface area contributed by atoms with Crippen molar-refractivity contribution in [3.63, 3.8) is 0 Å². The normalized spacial score (nSPS) is 27.9. The van der Waals surface area contributed by atoms with Crippen molar-refractivity contribution < 1.29 is 47.5 Å². The third-order valence-corrected chi connectivity index (χ3v) is 7.67. The van der Waals surface area contributed by atoms with Crippen LogP contribution in [-0.2, 0) is 47.5 Å². The van der Waals surface area contributed by atoms with Crippen molar-refractivity contribution in [2.24, 2.45) is 0 Å². The van der Waals surface area contributed by atoms with Gasteiger partial charge in [0.25, 0.3) is 0 Å². The lowest BCUT2D eigenvalue weighted by molar-refractivity contribution is -0.232. The molecule has 2 saturated heterocycles. The molecule has 2 heterocycles. The maximum Gasteiger partial charge on any atom is 0.332 e. The van der Waals surface area contributed by atoms with Gasteiger partial charge < -0.3 is 37.9 Å². The first-order valence-electron chi connectivity index (χ1n) is 15.1. The Morgan fingerprint density at radius 1 is 0.650 bits per heavy atom. The summed E-state index contributed by atoms with van der Waals surface area (Å²) in [5.41, 5.74) is -1.31. The fraction of sp³-hybridized carbons (Fsp3) is 0.933. The molecule has 0 aromatic rings. The van der Waals surface area contributed by atoms with Gasteiger partial charge in [0.05, 0.1) is 13.2 Å². The highest BCUT2D eigenvalue weighted by molar-refractivity contribution is 5.71. The minimum Gasteiger partial charge on any atom is -0.458 e. The van der Waals surface area contributed by atoms with Crippen molar-refractivity contribution in [1.29, 1.82) is 0 Å². The van der Waals surface area contributed by atoms with E-state index in [9.17, 15) is 9.59 Å². The maximum absolute atomic E-state index is 12.7. The summed E-state index contributed by atoms with van der Waals surface area (Å²) in [6.45, 7) is 10.8. The second-order valence-corrected chi connectivity index (χ2v) is 13.6. The van der Waals surface area contributed by atoms with Crippen LogP contribution >= 0.6 is 0 Å². The first-order chi connectivity index (χ1) is 18.8. The Labute approximate surface area is 239 Å². The van der Waals surface area contributed by atoms with E-state index in [2.05, 4.69) is 0 Å². The summed E-state index contributed by atoms with van der Waals surface area (Å²) in [4.78, 5) is 25.4. The Hall–Kier alpha value is -1.30. The molecule has 0 aromatic heterocycles. The lowest BCUT2D eigenvalue weighted by Gasteiger charge is -2.37. The van der Waals surface area contributed by atoms with Gasteiger partial charge in [0.15, 0.2) is 11.6 Å². The molecule has 4 aliphatic rings. The number of hydrogen-bond acceptors (Lipinski definition) is 10. The second kappa shape index (κ2) is 12.9. The van der Waals surface area contributed by atoms with Crippen LogP contribution in [0.5, 0.6) is 0 Å². The van der Waals surface area contributed by atoms with E-state index in [1.54, 1.807) is 0 Å². The summed E-state index contributed by atoms with van der Waals surface area (Å²) >= 11 is 0. The van der Waals surface area contributed by atoms with E-state index in [1.807, 2.05) is 41.5 Å². The summed E-state index contributed by atoms with van der Waals surface area (Å²) in [5, 5.41) is 0. The first kappa shape index (κ1) is 31.6. The topological polar surface area (TPSA) is 108 Å². The molecule has 4 rings (SSSR count). The highest BCUT2D eigenvalue weighted by Gasteiger charge is 2.52. The predicted molar refractivity (Wildman–Crippen MR) is 144 cm³/mol. The number of esters is 2. The second-order valence-electron chi connectivity index (χ2n) is 13.6. The molecule has 0 bridgehead atoms. The van der Waals surface area contributed by atoms with Gasteiger partial charge in [-0.3, -0.25) is 0 Å². The molecule has 4 fully saturated rings. The standard InChI is InChI=1S/C30H50O10/c1-27(2,3)39-23(31)19-33-25(21-17-35-29(37-21)13-9-7-10-14-29)26(34-20-24(32)40-28(4,5)6)22-18-36-30(38-22)15-11-8-12-16-30/h21-22,25-26H,7-20H2,1-6H3. The fourth-order valence-electron chi connectivity index (χ4n) is 6.08. The van der Waals surface area contributed by atoms with Crippen LogP contribution in [0.4, 0.5) is 0 Å². The number of rotatable bonds is 9. The molecule has 2 aliphatic heterocycles. The third-order valence-electron chi connectivity index (χ3n) is 7.67. The molecular formula is C30H50O10.